The van der Waals surface area contributed by atoms with E-state index in [9.17, 15) is 0 Å². The summed E-state index contributed by atoms with van der Waals surface area (Å²) in [6.07, 6.45) is 5.03. The number of hydrogen-bond donors (Lipinski definition) is 0. The molecule has 0 N–H and O–H groups in total. The average Bonchev–Trinajstić information content (AvgIpc) is 2.46. The molecule has 68 valence electrons. The van der Waals surface area contributed by atoms with E-state index in [4.69, 9.17) is 0 Å². The van der Waals surface area contributed by atoms with Crippen molar-refractivity contribution in [3.05, 3.63) is 12.7 Å². The fourth-order valence-corrected chi connectivity index (χ4v) is 1.70. The van der Waals surface area contributed by atoms with E-state index >= 15 is 0 Å². The van der Waals surface area contributed by atoms with Crippen LogP contribution in [-0.2, 0) is 0 Å². The fraction of sp³-hybridized carbons (Fsp3) is 0.700. The highest BCUT2D eigenvalue weighted by molar-refractivity contribution is 5.60. The number of hydrogen-bond acceptors (Lipinski definition) is 2. The van der Waals surface area contributed by atoms with Crippen molar-refractivity contribution < 1.29 is 0 Å². The largest absolute Gasteiger partial charge is 0.355 e. The second kappa shape index (κ2) is 3.74. The summed E-state index contributed by atoms with van der Waals surface area (Å²) in [5.41, 5.74) is 0. The Kier molecular flexibility index (Phi) is 2.90. The van der Waals surface area contributed by atoms with Gasteiger partial charge in [0.2, 0.25) is 0 Å². The van der Waals surface area contributed by atoms with E-state index in [1.54, 1.807) is 0 Å². The van der Waals surface area contributed by atoms with Gasteiger partial charge in [0, 0.05) is 6.04 Å². The Labute approximate surface area is 75.0 Å². The van der Waals surface area contributed by atoms with Gasteiger partial charge in [-0.05, 0) is 20.3 Å². The third kappa shape index (κ3) is 1.52. The highest BCUT2D eigenvalue weighted by Gasteiger charge is 2.27. The topological polar surface area (TPSA) is 15.6 Å². The van der Waals surface area contributed by atoms with E-state index in [0.29, 0.717) is 18.1 Å². The minimum absolute atomic E-state index is 0.303. The van der Waals surface area contributed by atoms with E-state index in [2.05, 4.69) is 37.2 Å². The summed E-state index contributed by atoms with van der Waals surface area (Å²) >= 11 is 0. The molecule has 0 spiro atoms. The van der Waals surface area contributed by atoms with Gasteiger partial charge in [-0.2, -0.15) is 0 Å². The van der Waals surface area contributed by atoms with Crippen LogP contribution in [0.15, 0.2) is 17.6 Å². The summed E-state index contributed by atoms with van der Waals surface area (Å²) in [6.45, 7) is 10.4. The molecule has 0 saturated carbocycles. The molecule has 0 aliphatic carbocycles. The van der Waals surface area contributed by atoms with Gasteiger partial charge in [-0.3, -0.25) is 4.99 Å². The Hall–Kier alpha value is -0.790. The van der Waals surface area contributed by atoms with E-state index in [1.807, 2.05) is 12.4 Å². The SMILES string of the molecule is C=CC1N=CN(C(C)C)[C@H]1CC. The molecule has 1 aliphatic heterocycles. The molecule has 0 aromatic heterocycles. The van der Waals surface area contributed by atoms with Crippen LogP contribution in [0.2, 0.25) is 0 Å². The molecule has 2 atom stereocenters. The zero-order valence-electron chi connectivity index (χ0n) is 8.20. The van der Waals surface area contributed by atoms with Crippen LogP contribution in [0, 0.1) is 0 Å². The van der Waals surface area contributed by atoms with Crippen molar-refractivity contribution in [2.24, 2.45) is 4.99 Å². The fourth-order valence-electron chi connectivity index (χ4n) is 1.70. The third-order valence-corrected chi connectivity index (χ3v) is 2.41. The number of nitrogens with zero attached hydrogens (tertiary/aromatic N) is 2. The molecule has 0 amide bonds. The highest BCUT2D eigenvalue weighted by atomic mass is 15.3. The van der Waals surface area contributed by atoms with Gasteiger partial charge < -0.3 is 4.90 Å². The van der Waals surface area contributed by atoms with Gasteiger partial charge >= 0.3 is 0 Å². The molecule has 0 bridgehead atoms. The normalized spacial score (nSPS) is 28.5. The molecule has 12 heavy (non-hydrogen) atoms. The highest BCUT2D eigenvalue weighted by Crippen LogP contribution is 2.19. The maximum Gasteiger partial charge on any atom is 0.0898 e. The Morgan fingerprint density at radius 3 is 2.75 bits per heavy atom. The summed E-state index contributed by atoms with van der Waals surface area (Å²) in [4.78, 5) is 6.70. The van der Waals surface area contributed by atoms with Crippen LogP contribution in [0.3, 0.4) is 0 Å². The summed E-state index contributed by atoms with van der Waals surface area (Å²) in [7, 11) is 0. The van der Waals surface area contributed by atoms with Crippen molar-refractivity contribution in [2.45, 2.75) is 45.3 Å². The molecule has 1 aliphatic rings. The lowest BCUT2D eigenvalue weighted by Crippen LogP contribution is -2.39. The molecule has 1 heterocycles. The van der Waals surface area contributed by atoms with Gasteiger partial charge in [0.1, 0.15) is 0 Å². The molecule has 1 unspecified atom stereocenters. The van der Waals surface area contributed by atoms with E-state index in [1.165, 1.54) is 0 Å². The molecular weight excluding hydrogens is 148 g/mol. The van der Waals surface area contributed by atoms with Crippen LogP contribution < -0.4 is 0 Å². The lowest BCUT2D eigenvalue weighted by Gasteiger charge is -2.29. The molecule has 0 saturated heterocycles. The Balaban J connectivity index is 2.68. The van der Waals surface area contributed by atoms with Crippen molar-refractivity contribution in [1.82, 2.24) is 4.90 Å². The first-order valence-corrected chi connectivity index (χ1v) is 4.64. The summed E-state index contributed by atoms with van der Waals surface area (Å²) in [5.74, 6) is 0. The molecule has 2 heteroatoms. The molecule has 0 radical (unpaired) electrons. The first-order valence-electron chi connectivity index (χ1n) is 4.64. The number of rotatable bonds is 3. The van der Waals surface area contributed by atoms with Crippen molar-refractivity contribution in [1.29, 1.82) is 0 Å². The molecule has 0 aromatic rings. The van der Waals surface area contributed by atoms with Crippen molar-refractivity contribution in [3.8, 4) is 0 Å². The molecule has 0 aromatic carbocycles. The summed E-state index contributed by atoms with van der Waals surface area (Å²) < 4.78 is 0. The third-order valence-electron chi connectivity index (χ3n) is 2.41. The van der Waals surface area contributed by atoms with E-state index in [-0.39, 0.29) is 0 Å². The summed E-state index contributed by atoms with van der Waals surface area (Å²) in [5, 5.41) is 0. The van der Waals surface area contributed by atoms with Gasteiger partial charge in [0.25, 0.3) is 0 Å². The summed E-state index contributed by atoms with van der Waals surface area (Å²) in [6, 6.07) is 1.38. The lowest BCUT2D eigenvalue weighted by atomic mass is 10.1. The Morgan fingerprint density at radius 1 is 1.67 bits per heavy atom. The van der Waals surface area contributed by atoms with Gasteiger partial charge in [-0.15, -0.1) is 6.58 Å². The van der Waals surface area contributed by atoms with Gasteiger partial charge in [-0.1, -0.05) is 13.0 Å². The predicted molar refractivity (Wildman–Crippen MR) is 53.5 cm³/mol. The Bertz CT molecular complexity index is 184. The molecule has 0 fully saturated rings. The van der Waals surface area contributed by atoms with E-state index in [0.717, 1.165) is 6.42 Å². The van der Waals surface area contributed by atoms with E-state index < -0.39 is 0 Å². The van der Waals surface area contributed by atoms with Crippen molar-refractivity contribution >= 4 is 6.34 Å². The standard InChI is InChI=1S/C10H18N2/c1-5-9-10(6-2)12(7-11-9)8(3)4/h5,7-10H,1,6H2,2-4H3/t9?,10-/m0/s1. The quantitative estimate of drug-likeness (QED) is 0.586. The average molecular weight is 166 g/mol. The maximum absolute atomic E-state index is 4.39. The predicted octanol–water partition coefficient (Wildman–Crippen LogP) is 2.07. The molecule has 1 rings (SSSR count). The van der Waals surface area contributed by atoms with Crippen LogP contribution in [0.25, 0.3) is 0 Å². The Morgan fingerprint density at radius 2 is 2.33 bits per heavy atom. The number of aliphatic imine (C=N–C) groups is 1. The minimum atomic E-state index is 0.303. The second-order valence-electron chi connectivity index (χ2n) is 3.51. The van der Waals surface area contributed by atoms with Crippen LogP contribution >= 0.6 is 0 Å². The van der Waals surface area contributed by atoms with Crippen LogP contribution in [0.5, 0.6) is 0 Å². The zero-order valence-corrected chi connectivity index (χ0v) is 8.20. The first-order chi connectivity index (χ1) is 5.70. The lowest BCUT2D eigenvalue weighted by molar-refractivity contribution is 0.271. The molecular formula is C10H18N2. The van der Waals surface area contributed by atoms with Crippen LogP contribution in [0.4, 0.5) is 0 Å². The van der Waals surface area contributed by atoms with Crippen molar-refractivity contribution in [2.75, 3.05) is 0 Å². The monoisotopic (exact) mass is 166 g/mol. The van der Waals surface area contributed by atoms with Crippen LogP contribution in [0.1, 0.15) is 27.2 Å². The van der Waals surface area contributed by atoms with Crippen LogP contribution in [-0.4, -0.2) is 29.4 Å². The van der Waals surface area contributed by atoms with Gasteiger partial charge in [0.15, 0.2) is 0 Å². The zero-order chi connectivity index (χ0) is 9.14. The maximum atomic E-state index is 4.39. The molecule has 2 nitrogen and oxygen atoms in total. The first kappa shape index (κ1) is 9.30. The van der Waals surface area contributed by atoms with Gasteiger partial charge in [0.05, 0.1) is 18.4 Å². The van der Waals surface area contributed by atoms with Gasteiger partial charge in [-0.25, -0.2) is 0 Å². The smallest absolute Gasteiger partial charge is 0.0898 e. The van der Waals surface area contributed by atoms with Crippen molar-refractivity contribution in [3.63, 3.8) is 0 Å². The minimum Gasteiger partial charge on any atom is -0.355 e. The second-order valence-corrected chi connectivity index (χ2v) is 3.51.